The van der Waals surface area contributed by atoms with Crippen LogP contribution in [0, 0.1) is 0 Å². The van der Waals surface area contributed by atoms with Crippen molar-refractivity contribution in [2.24, 2.45) is 0 Å². The maximum absolute atomic E-state index is 11.4. The van der Waals surface area contributed by atoms with Crippen LogP contribution in [0.4, 0.5) is 5.69 Å². The van der Waals surface area contributed by atoms with Crippen molar-refractivity contribution in [3.63, 3.8) is 0 Å². The average Bonchev–Trinajstić information content (AvgIpc) is 2.35. The molecule has 1 aromatic rings. The van der Waals surface area contributed by atoms with Gasteiger partial charge >= 0.3 is 0 Å². The zero-order chi connectivity index (χ0) is 12.0. The van der Waals surface area contributed by atoms with Crippen LogP contribution in [0.1, 0.15) is 23.7 Å². The highest BCUT2D eigenvalue weighted by Crippen LogP contribution is 2.12. The Balaban J connectivity index is 2.67. The summed E-state index contributed by atoms with van der Waals surface area (Å²) in [5.41, 5.74) is 1.46. The zero-order valence-electron chi connectivity index (χ0n) is 9.31. The Labute approximate surface area is 94.9 Å². The van der Waals surface area contributed by atoms with Gasteiger partial charge in [0, 0.05) is 17.7 Å². The predicted octanol–water partition coefficient (Wildman–Crippen LogP) is 1.04. The summed E-state index contributed by atoms with van der Waals surface area (Å²) in [6.45, 7) is 1.56. The molecule has 0 amide bonds. The molecule has 1 rings (SSSR count). The van der Waals surface area contributed by atoms with E-state index in [2.05, 4.69) is 5.32 Å². The Morgan fingerprint density at radius 3 is 2.25 bits per heavy atom. The monoisotopic (exact) mass is 223 g/mol. The molecule has 0 radical (unpaired) electrons. The molecule has 0 aliphatic rings. The zero-order valence-corrected chi connectivity index (χ0v) is 9.31. The van der Waals surface area contributed by atoms with E-state index in [1.165, 1.54) is 0 Å². The molecule has 16 heavy (non-hydrogen) atoms. The second kappa shape index (κ2) is 6.25. The summed E-state index contributed by atoms with van der Waals surface area (Å²) in [5, 5.41) is 20.7. The van der Waals surface area contributed by atoms with E-state index in [0.717, 1.165) is 5.69 Å². The van der Waals surface area contributed by atoms with Crippen LogP contribution in [0.3, 0.4) is 0 Å². The molecule has 0 heterocycles. The van der Waals surface area contributed by atoms with Gasteiger partial charge in [-0.25, -0.2) is 0 Å². The number of ketones is 1. The summed E-state index contributed by atoms with van der Waals surface area (Å²) in [4.78, 5) is 11.4. The molecule has 0 unspecified atom stereocenters. The van der Waals surface area contributed by atoms with Crippen LogP contribution >= 0.6 is 0 Å². The molecule has 0 atom stereocenters. The van der Waals surface area contributed by atoms with Gasteiger partial charge in [-0.05, 0) is 24.3 Å². The number of anilines is 1. The van der Waals surface area contributed by atoms with Crippen LogP contribution < -0.4 is 5.32 Å². The molecule has 0 saturated carbocycles. The number of carbonyl (C=O) groups is 1. The minimum absolute atomic E-state index is 0.104. The maximum atomic E-state index is 11.4. The first-order valence-electron chi connectivity index (χ1n) is 5.32. The van der Waals surface area contributed by atoms with Crippen LogP contribution in [0.15, 0.2) is 24.3 Å². The number of carbonyl (C=O) groups excluding carboxylic acids is 1. The minimum Gasteiger partial charge on any atom is -0.394 e. The van der Waals surface area contributed by atoms with Crippen molar-refractivity contribution < 1.29 is 15.0 Å². The number of nitrogens with one attached hydrogen (secondary N) is 1. The number of aliphatic hydroxyl groups excluding tert-OH is 2. The van der Waals surface area contributed by atoms with Gasteiger partial charge in [0.05, 0.1) is 19.3 Å². The van der Waals surface area contributed by atoms with Crippen molar-refractivity contribution in [3.05, 3.63) is 29.8 Å². The van der Waals surface area contributed by atoms with E-state index in [-0.39, 0.29) is 25.0 Å². The predicted molar refractivity (Wildman–Crippen MR) is 62.6 cm³/mol. The Morgan fingerprint density at radius 1 is 1.25 bits per heavy atom. The molecular weight excluding hydrogens is 206 g/mol. The molecule has 0 aromatic heterocycles. The Morgan fingerprint density at radius 2 is 1.81 bits per heavy atom. The second-order valence-corrected chi connectivity index (χ2v) is 3.56. The molecule has 0 fully saturated rings. The minimum atomic E-state index is -0.368. The van der Waals surface area contributed by atoms with Crippen molar-refractivity contribution in [1.29, 1.82) is 0 Å². The molecule has 0 spiro atoms. The fourth-order valence-electron chi connectivity index (χ4n) is 1.34. The van der Waals surface area contributed by atoms with E-state index >= 15 is 0 Å². The highest BCUT2D eigenvalue weighted by molar-refractivity contribution is 5.96. The van der Waals surface area contributed by atoms with Crippen molar-refractivity contribution in [2.45, 2.75) is 19.4 Å². The topological polar surface area (TPSA) is 69.6 Å². The number of aliphatic hydroxyl groups is 2. The van der Waals surface area contributed by atoms with Crippen LogP contribution in [0.2, 0.25) is 0 Å². The van der Waals surface area contributed by atoms with Crippen molar-refractivity contribution >= 4 is 11.5 Å². The van der Waals surface area contributed by atoms with Crippen molar-refractivity contribution in [1.82, 2.24) is 0 Å². The summed E-state index contributed by atoms with van der Waals surface area (Å²) in [7, 11) is 0. The van der Waals surface area contributed by atoms with Gasteiger partial charge in [0.2, 0.25) is 0 Å². The number of Topliss-reactive ketones (excluding diaryl/α,β-unsaturated/α-hetero) is 1. The van der Waals surface area contributed by atoms with E-state index in [1.54, 1.807) is 24.3 Å². The molecule has 0 aliphatic heterocycles. The van der Waals surface area contributed by atoms with E-state index < -0.39 is 0 Å². The summed E-state index contributed by atoms with van der Waals surface area (Å²) in [5.74, 6) is 0.104. The largest absolute Gasteiger partial charge is 0.394 e. The Kier molecular flexibility index (Phi) is 4.95. The summed E-state index contributed by atoms with van der Waals surface area (Å²) < 4.78 is 0. The molecular formula is C12H17NO3. The number of hydrogen-bond acceptors (Lipinski definition) is 4. The van der Waals surface area contributed by atoms with Gasteiger partial charge in [0.15, 0.2) is 5.78 Å². The van der Waals surface area contributed by atoms with E-state index in [4.69, 9.17) is 10.2 Å². The number of hydrogen-bond donors (Lipinski definition) is 3. The maximum Gasteiger partial charge on any atom is 0.162 e. The van der Waals surface area contributed by atoms with Gasteiger partial charge in [0.1, 0.15) is 0 Å². The highest BCUT2D eigenvalue weighted by atomic mass is 16.3. The Bertz CT molecular complexity index is 331. The fraction of sp³-hybridized carbons (Fsp3) is 0.417. The first-order valence-corrected chi connectivity index (χ1v) is 5.32. The molecule has 0 saturated heterocycles. The van der Waals surface area contributed by atoms with Gasteiger partial charge in [-0.2, -0.15) is 0 Å². The summed E-state index contributed by atoms with van der Waals surface area (Å²) in [6.07, 6.45) is 0.489. The van der Waals surface area contributed by atoms with Crippen LogP contribution in [-0.4, -0.2) is 35.3 Å². The molecule has 0 bridgehead atoms. The third-order valence-electron chi connectivity index (χ3n) is 2.34. The smallest absolute Gasteiger partial charge is 0.162 e. The Hall–Kier alpha value is -1.39. The van der Waals surface area contributed by atoms with Crippen LogP contribution in [-0.2, 0) is 0 Å². The van der Waals surface area contributed by atoms with E-state index in [9.17, 15) is 4.79 Å². The molecule has 4 nitrogen and oxygen atoms in total. The first-order chi connectivity index (χ1) is 7.71. The lowest BCUT2D eigenvalue weighted by atomic mass is 10.1. The normalized spacial score (nSPS) is 10.5. The van der Waals surface area contributed by atoms with Gasteiger partial charge in [-0.3, -0.25) is 4.79 Å². The highest BCUT2D eigenvalue weighted by Gasteiger charge is 2.06. The lowest BCUT2D eigenvalue weighted by Crippen LogP contribution is -2.27. The standard InChI is InChI=1S/C12H17NO3/c1-2-12(16)9-3-5-10(6-4-9)13-11(7-14)8-15/h3-6,11,13-15H,2,7-8H2,1H3. The van der Waals surface area contributed by atoms with Crippen molar-refractivity contribution in [2.75, 3.05) is 18.5 Å². The van der Waals surface area contributed by atoms with Crippen LogP contribution in [0.5, 0.6) is 0 Å². The first kappa shape index (κ1) is 12.7. The third kappa shape index (κ3) is 3.32. The number of rotatable bonds is 6. The third-order valence-corrected chi connectivity index (χ3v) is 2.34. The average molecular weight is 223 g/mol. The van der Waals surface area contributed by atoms with Gasteiger partial charge in [0.25, 0.3) is 0 Å². The van der Waals surface area contributed by atoms with Gasteiger partial charge in [-0.1, -0.05) is 6.92 Å². The molecule has 1 aromatic carbocycles. The van der Waals surface area contributed by atoms with Gasteiger partial charge < -0.3 is 15.5 Å². The SMILES string of the molecule is CCC(=O)c1ccc(NC(CO)CO)cc1. The second-order valence-electron chi connectivity index (χ2n) is 3.56. The quantitative estimate of drug-likeness (QED) is 0.630. The van der Waals surface area contributed by atoms with Gasteiger partial charge in [-0.15, -0.1) is 0 Å². The van der Waals surface area contributed by atoms with Crippen molar-refractivity contribution in [3.8, 4) is 0 Å². The molecule has 3 N–H and O–H groups in total. The van der Waals surface area contributed by atoms with Crippen LogP contribution in [0.25, 0.3) is 0 Å². The lowest BCUT2D eigenvalue weighted by Gasteiger charge is -2.14. The summed E-state index contributed by atoms with van der Waals surface area (Å²) in [6, 6.07) is 6.63. The van der Waals surface area contributed by atoms with E-state index in [1.807, 2.05) is 6.92 Å². The van der Waals surface area contributed by atoms with E-state index in [0.29, 0.717) is 12.0 Å². The summed E-state index contributed by atoms with van der Waals surface area (Å²) >= 11 is 0. The fourth-order valence-corrected chi connectivity index (χ4v) is 1.34. The number of benzene rings is 1. The molecule has 4 heteroatoms. The molecule has 0 aliphatic carbocycles. The lowest BCUT2D eigenvalue weighted by molar-refractivity contribution is 0.0988. The molecule has 88 valence electrons.